The average Bonchev–Trinajstić information content (AvgIpc) is 2.41. The maximum Gasteiger partial charge on any atom is 0.133 e. The lowest BCUT2D eigenvalue weighted by atomic mass is 10.2. The predicted octanol–water partition coefficient (Wildman–Crippen LogP) is 2.53. The molecule has 4 nitrogen and oxygen atoms in total. The average molecular weight is 238 g/mol. The lowest BCUT2D eigenvalue weighted by Gasteiger charge is -1.89. The molecule has 0 aliphatic rings. The number of hydrogen-bond acceptors (Lipinski definition) is 4. The van der Waals surface area contributed by atoms with Gasteiger partial charge < -0.3 is 10.2 Å². The molecule has 0 atom stereocenters. The summed E-state index contributed by atoms with van der Waals surface area (Å²) in [5.74, 6) is 0.0833. The molecule has 2 N–H and O–H groups in total. The Morgan fingerprint density at radius 1 is 0.667 bits per heavy atom. The van der Waals surface area contributed by atoms with Crippen LogP contribution in [0.2, 0.25) is 0 Å². The molecule has 0 aliphatic carbocycles. The smallest absolute Gasteiger partial charge is 0.133 e. The zero-order chi connectivity index (χ0) is 13.4. The highest BCUT2D eigenvalue weighted by Gasteiger charge is 1.93. The molecule has 0 spiro atoms. The van der Waals surface area contributed by atoms with E-state index >= 15 is 0 Å². The van der Waals surface area contributed by atoms with Gasteiger partial charge in [0.25, 0.3) is 0 Å². The van der Waals surface area contributed by atoms with Crippen LogP contribution in [0.4, 0.5) is 0 Å². The minimum atomic E-state index is 0.0417. The molecule has 0 aromatic heterocycles. The van der Waals surface area contributed by atoms with Crippen LogP contribution in [0.15, 0.2) is 48.5 Å². The van der Waals surface area contributed by atoms with Crippen LogP contribution in [0.1, 0.15) is 11.1 Å². The third-order valence-corrected chi connectivity index (χ3v) is 2.05. The minimum absolute atomic E-state index is 0.0417. The van der Waals surface area contributed by atoms with Gasteiger partial charge in [0.15, 0.2) is 0 Å². The Hall–Kier alpha value is -2.98. The van der Waals surface area contributed by atoms with Crippen molar-refractivity contribution in [3.63, 3.8) is 0 Å². The van der Waals surface area contributed by atoms with Crippen molar-refractivity contribution in [1.29, 1.82) is 10.5 Å². The molecule has 0 radical (unpaired) electrons. The van der Waals surface area contributed by atoms with Crippen molar-refractivity contribution in [2.45, 2.75) is 0 Å². The highest BCUT2D eigenvalue weighted by molar-refractivity contribution is 5.41. The van der Waals surface area contributed by atoms with Gasteiger partial charge >= 0.3 is 0 Å². The molecule has 2 aromatic rings. The summed E-state index contributed by atoms with van der Waals surface area (Å²) in [4.78, 5) is 0. The first-order chi connectivity index (χ1) is 8.69. The van der Waals surface area contributed by atoms with E-state index in [9.17, 15) is 0 Å². The Morgan fingerprint density at radius 2 is 1.00 bits per heavy atom. The molecule has 0 bridgehead atoms. The second-order valence-corrected chi connectivity index (χ2v) is 3.26. The maximum absolute atomic E-state index is 8.89. The van der Waals surface area contributed by atoms with Gasteiger partial charge in [0.2, 0.25) is 0 Å². The molecule has 0 amide bonds. The third-order valence-electron chi connectivity index (χ3n) is 2.05. The monoisotopic (exact) mass is 238 g/mol. The van der Waals surface area contributed by atoms with E-state index in [1.54, 1.807) is 36.4 Å². The van der Waals surface area contributed by atoms with Gasteiger partial charge in [0, 0.05) is 0 Å². The number of nitriles is 2. The van der Waals surface area contributed by atoms with Crippen molar-refractivity contribution in [2.75, 3.05) is 0 Å². The molecule has 4 heteroatoms. The highest BCUT2D eigenvalue weighted by atomic mass is 16.3. The molecule has 2 rings (SSSR count). The van der Waals surface area contributed by atoms with Gasteiger partial charge in [-0.25, -0.2) is 0 Å². The van der Waals surface area contributed by atoms with Crippen molar-refractivity contribution in [3.05, 3.63) is 59.7 Å². The largest absolute Gasteiger partial charge is 0.507 e. The molecule has 0 saturated carbocycles. The van der Waals surface area contributed by atoms with Gasteiger partial charge in [0.05, 0.1) is 11.1 Å². The van der Waals surface area contributed by atoms with Crippen molar-refractivity contribution >= 4 is 0 Å². The van der Waals surface area contributed by atoms with Crippen LogP contribution in [0.3, 0.4) is 0 Å². The SMILES string of the molecule is N#Cc1ccccc1O.N#Cc1ccccc1O. The minimum Gasteiger partial charge on any atom is -0.507 e. The van der Waals surface area contributed by atoms with Crippen molar-refractivity contribution in [1.82, 2.24) is 0 Å². The summed E-state index contributed by atoms with van der Waals surface area (Å²) in [6.45, 7) is 0. The molecular formula is C14H10N2O2. The van der Waals surface area contributed by atoms with E-state index in [1.165, 1.54) is 12.1 Å². The summed E-state index contributed by atoms with van der Waals surface area (Å²) in [6, 6.07) is 16.6. The van der Waals surface area contributed by atoms with Crippen molar-refractivity contribution < 1.29 is 10.2 Å². The van der Waals surface area contributed by atoms with Gasteiger partial charge in [-0.1, -0.05) is 24.3 Å². The van der Waals surface area contributed by atoms with Crippen molar-refractivity contribution in [3.8, 4) is 23.6 Å². The summed E-state index contributed by atoms with van der Waals surface area (Å²) in [7, 11) is 0. The first kappa shape index (κ1) is 13.1. The number of hydrogen-bond donors (Lipinski definition) is 2. The fourth-order valence-electron chi connectivity index (χ4n) is 1.14. The second kappa shape index (κ2) is 6.57. The van der Waals surface area contributed by atoms with Crippen LogP contribution in [0.5, 0.6) is 11.5 Å². The number of phenols is 2. The fourth-order valence-corrected chi connectivity index (χ4v) is 1.14. The van der Waals surface area contributed by atoms with E-state index in [4.69, 9.17) is 20.7 Å². The molecule has 0 fully saturated rings. The molecule has 88 valence electrons. The fraction of sp³-hybridized carbons (Fsp3) is 0. The van der Waals surface area contributed by atoms with E-state index in [-0.39, 0.29) is 11.5 Å². The van der Waals surface area contributed by atoms with Crippen LogP contribution >= 0.6 is 0 Å². The summed E-state index contributed by atoms with van der Waals surface area (Å²) < 4.78 is 0. The standard InChI is InChI=1S/2C7H5NO/c2*8-5-6-3-1-2-4-7(6)9/h2*1-4,9H. The van der Waals surface area contributed by atoms with Gasteiger partial charge in [-0.05, 0) is 24.3 Å². The van der Waals surface area contributed by atoms with E-state index in [0.29, 0.717) is 11.1 Å². The number of phenolic OH excluding ortho intramolecular Hbond substituents is 2. The summed E-state index contributed by atoms with van der Waals surface area (Å²) in [5, 5.41) is 34.4. The second-order valence-electron chi connectivity index (χ2n) is 3.26. The maximum atomic E-state index is 8.89. The van der Waals surface area contributed by atoms with Gasteiger partial charge in [-0.3, -0.25) is 0 Å². The quantitative estimate of drug-likeness (QED) is 0.738. The summed E-state index contributed by atoms with van der Waals surface area (Å²) in [6.07, 6.45) is 0. The zero-order valence-electron chi connectivity index (χ0n) is 9.41. The van der Waals surface area contributed by atoms with E-state index in [1.807, 2.05) is 12.1 Å². The lowest BCUT2D eigenvalue weighted by molar-refractivity contribution is 0.473. The molecule has 18 heavy (non-hydrogen) atoms. The Bertz CT molecular complexity index is 554. The number of benzene rings is 2. The Labute approximate surface area is 105 Å². The van der Waals surface area contributed by atoms with Crippen LogP contribution < -0.4 is 0 Å². The molecule has 0 heterocycles. The zero-order valence-corrected chi connectivity index (χ0v) is 9.41. The third kappa shape index (κ3) is 3.55. The predicted molar refractivity (Wildman–Crippen MR) is 65.6 cm³/mol. The number of aromatic hydroxyl groups is 2. The molecule has 0 saturated heterocycles. The highest BCUT2D eigenvalue weighted by Crippen LogP contribution is 2.13. The topological polar surface area (TPSA) is 88.0 Å². The molecule has 2 aromatic carbocycles. The number of para-hydroxylation sites is 2. The van der Waals surface area contributed by atoms with Crippen molar-refractivity contribution in [2.24, 2.45) is 0 Å². The van der Waals surface area contributed by atoms with Crippen LogP contribution in [0.25, 0.3) is 0 Å². The molecule has 0 unspecified atom stereocenters. The number of rotatable bonds is 0. The van der Waals surface area contributed by atoms with Crippen LogP contribution in [-0.2, 0) is 0 Å². The Balaban J connectivity index is 0.000000180. The Morgan fingerprint density at radius 3 is 1.22 bits per heavy atom. The Kier molecular flexibility index (Phi) is 4.78. The molecule has 0 aliphatic heterocycles. The first-order valence-electron chi connectivity index (χ1n) is 5.05. The summed E-state index contributed by atoms with van der Waals surface area (Å²) in [5.41, 5.74) is 0.634. The summed E-state index contributed by atoms with van der Waals surface area (Å²) >= 11 is 0. The normalized spacial score (nSPS) is 8.33. The van der Waals surface area contributed by atoms with E-state index in [2.05, 4.69) is 0 Å². The van der Waals surface area contributed by atoms with Crippen LogP contribution in [0, 0.1) is 22.7 Å². The van der Waals surface area contributed by atoms with Crippen LogP contribution in [-0.4, -0.2) is 10.2 Å². The number of nitrogens with zero attached hydrogens (tertiary/aromatic N) is 2. The van der Waals surface area contributed by atoms with Gasteiger partial charge in [-0.15, -0.1) is 0 Å². The first-order valence-corrected chi connectivity index (χ1v) is 5.05. The molecular weight excluding hydrogens is 228 g/mol. The van der Waals surface area contributed by atoms with E-state index < -0.39 is 0 Å². The van der Waals surface area contributed by atoms with E-state index in [0.717, 1.165) is 0 Å². The van der Waals surface area contributed by atoms with Gasteiger partial charge in [-0.2, -0.15) is 10.5 Å². The lowest BCUT2D eigenvalue weighted by Crippen LogP contribution is -1.71. The van der Waals surface area contributed by atoms with Gasteiger partial charge in [0.1, 0.15) is 23.6 Å².